The predicted molar refractivity (Wildman–Crippen MR) is 92.0 cm³/mol. The van der Waals surface area contributed by atoms with Crippen LogP contribution in [0.1, 0.15) is 30.9 Å². The zero-order valence-electron chi connectivity index (χ0n) is 14.0. The highest BCUT2D eigenvalue weighted by Crippen LogP contribution is 2.16. The molecular weight excluding hydrogens is 296 g/mol. The van der Waals surface area contributed by atoms with Crippen LogP contribution in [0, 0.1) is 0 Å². The maximum absolute atomic E-state index is 11.2. The first-order valence-corrected chi connectivity index (χ1v) is 10.1. The molecule has 2 rings (SSSR count). The molecule has 1 aromatic carbocycles. The van der Waals surface area contributed by atoms with Crippen LogP contribution in [-0.2, 0) is 16.4 Å². The largest absolute Gasteiger partial charge is 0.300 e. The van der Waals surface area contributed by atoms with Crippen LogP contribution in [0.15, 0.2) is 24.3 Å². The number of rotatable bonds is 6. The van der Waals surface area contributed by atoms with Crippen molar-refractivity contribution in [2.24, 2.45) is 0 Å². The Bertz CT molecular complexity index is 559. The molecule has 1 saturated heterocycles. The standard InChI is InChI=1S/C17H28N2O2S/c1-15(2)17-6-4-16(5-7-17)14-19-10-8-18(9-11-19)12-13-22(3,20)21/h4-7,15H,8-14H2,1-3H3. The molecule has 1 aromatic rings. The van der Waals surface area contributed by atoms with Gasteiger partial charge < -0.3 is 0 Å². The number of benzene rings is 1. The van der Waals surface area contributed by atoms with Gasteiger partial charge in [0.2, 0.25) is 0 Å². The zero-order chi connectivity index (χ0) is 16.2. The van der Waals surface area contributed by atoms with E-state index < -0.39 is 9.84 Å². The molecule has 1 fully saturated rings. The van der Waals surface area contributed by atoms with Crippen LogP contribution in [-0.4, -0.2) is 63.0 Å². The molecule has 1 aliphatic rings. The predicted octanol–water partition coefficient (Wildman–Crippen LogP) is 1.97. The van der Waals surface area contributed by atoms with Crippen LogP contribution < -0.4 is 0 Å². The van der Waals surface area contributed by atoms with Crippen molar-refractivity contribution in [1.82, 2.24) is 9.80 Å². The fraction of sp³-hybridized carbons (Fsp3) is 0.647. The van der Waals surface area contributed by atoms with E-state index in [1.807, 2.05) is 0 Å². The highest BCUT2D eigenvalue weighted by molar-refractivity contribution is 7.90. The molecule has 4 nitrogen and oxygen atoms in total. The highest BCUT2D eigenvalue weighted by atomic mass is 32.2. The number of piperazine rings is 1. The maximum Gasteiger partial charge on any atom is 0.148 e. The van der Waals surface area contributed by atoms with E-state index in [1.54, 1.807) is 0 Å². The minimum atomic E-state index is -2.85. The van der Waals surface area contributed by atoms with Gasteiger partial charge in [0.25, 0.3) is 0 Å². The SMILES string of the molecule is CC(C)c1ccc(CN2CCN(CCS(C)(=O)=O)CC2)cc1. The van der Waals surface area contributed by atoms with Gasteiger partial charge in [-0.05, 0) is 17.0 Å². The quantitative estimate of drug-likeness (QED) is 0.802. The van der Waals surface area contributed by atoms with Crippen LogP contribution in [0.2, 0.25) is 0 Å². The van der Waals surface area contributed by atoms with E-state index in [-0.39, 0.29) is 5.75 Å². The lowest BCUT2D eigenvalue weighted by Crippen LogP contribution is -2.47. The van der Waals surface area contributed by atoms with Gasteiger partial charge in [0, 0.05) is 45.5 Å². The van der Waals surface area contributed by atoms with Crippen LogP contribution in [0.25, 0.3) is 0 Å². The number of hydrogen-bond acceptors (Lipinski definition) is 4. The van der Waals surface area contributed by atoms with E-state index in [0.29, 0.717) is 12.5 Å². The Morgan fingerprint density at radius 2 is 1.55 bits per heavy atom. The van der Waals surface area contributed by atoms with E-state index in [9.17, 15) is 8.42 Å². The summed E-state index contributed by atoms with van der Waals surface area (Å²) in [6.07, 6.45) is 1.31. The fourth-order valence-electron chi connectivity index (χ4n) is 2.73. The lowest BCUT2D eigenvalue weighted by Gasteiger charge is -2.34. The van der Waals surface area contributed by atoms with Gasteiger partial charge >= 0.3 is 0 Å². The molecule has 124 valence electrons. The lowest BCUT2D eigenvalue weighted by molar-refractivity contribution is 0.132. The average Bonchev–Trinajstić information content (AvgIpc) is 2.46. The van der Waals surface area contributed by atoms with E-state index in [1.165, 1.54) is 17.4 Å². The Balaban J connectivity index is 1.77. The molecule has 0 radical (unpaired) electrons. The summed E-state index contributed by atoms with van der Waals surface area (Å²) in [6, 6.07) is 8.90. The summed E-state index contributed by atoms with van der Waals surface area (Å²) in [4.78, 5) is 4.70. The van der Waals surface area contributed by atoms with Gasteiger partial charge in [-0.15, -0.1) is 0 Å². The number of sulfone groups is 1. The summed E-state index contributed by atoms with van der Waals surface area (Å²) < 4.78 is 22.4. The van der Waals surface area contributed by atoms with Crippen molar-refractivity contribution < 1.29 is 8.42 Å². The third kappa shape index (κ3) is 5.71. The third-order valence-electron chi connectivity index (χ3n) is 4.30. The van der Waals surface area contributed by atoms with Gasteiger partial charge in [-0.1, -0.05) is 38.1 Å². The molecule has 0 saturated carbocycles. The molecule has 0 aromatic heterocycles. The zero-order valence-corrected chi connectivity index (χ0v) is 14.8. The number of hydrogen-bond donors (Lipinski definition) is 0. The Morgan fingerprint density at radius 3 is 2.05 bits per heavy atom. The van der Waals surface area contributed by atoms with E-state index in [2.05, 4.69) is 47.9 Å². The Kier molecular flexibility index (Phi) is 6.01. The molecule has 0 amide bonds. The van der Waals surface area contributed by atoms with Crippen LogP contribution >= 0.6 is 0 Å². The van der Waals surface area contributed by atoms with Crippen molar-refractivity contribution in [3.8, 4) is 0 Å². The molecule has 0 aliphatic carbocycles. The maximum atomic E-state index is 11.2. The van der Waals surface area contributed by atoms with E-state index in [0.717, 1.165) is 32.7 Å². The second kappa shape index (κ2) is 7.57. The van der Waals surface area contributed by atoms with Crippen LogP contribution in [0.5, 0.6) is 0 Å². The van der Waals surface area contributed by atoms with Gasteiger partial charge in [-0.2, -0.15) is 0 Å². The van der Waals surface area contributed by atoms with Crippen molar-refractivity contribution in [2.75, 3.05) is 44.7 Å². The first-order chi connectivity index (χ1) is 10.3. The highest BCUT2D eigenvalue weighted by Gasteiger charge is 2.18. The molecule has 0 N–H and O–H groups in total. The summed E-state index contributed by atoms with van der Waals surface area (Å²) in [6.45, 7) is 10.0. The van der Waals surface area contributed by atoms with Crippen molar-refractivity contribution >= 4 is 9.84 Å². The minimum Gasteiger partial charge on any atom is -0.300 e. The molecular formula is C17H28N2O2S. The van der Waals surface area contributed by atoms with Crippen molar-refractivity contribution in [2.45, 2.75) is 26.3 Å². The smallest absolute Gasteiger partial charge is 0.148 e. The molecule has 1 heterocycles. The normalized spacial score (nSPS) is 18.0. The molecule has 0 bridgehead atoms. The molecule has 22 heavy (non-hydrogen) atoms. The molecule has 0 atom stereocenters. The van der Waals surface area contributed by atoms with Gasteiger partial charge in [0.1, 0.15) is 9.84 Å². The van der Waals surface area contributed by atoms with Crippen molar-refractivity contribution in [3.63, 3.8) is 0 Å². The van der Waals surface area contributed by atoms with Crippen molar-refractivity contribution in [3.05, 3.63) is 35.4 Å². The molecule has 0 spiro atoms. The number of nitrogens with zero attached hydrogens (tertiary/aromatic N) is 2. The second-order valence-corrected chi connectivity index (χ2v) is 8.90. The van der Waals surface area contributed by atoms with Crippen LogP contribution in [0.3, 0.4) is 0 Å². The summed E-state index contributed by atoms with van der Waals surface area (Å²) >= 11 is 0. The molecule has 5 heteroatoms. The summed E-state index contributed by atoms with van der Waals surface area (Å²) in [5, 5.41) is 0. The fourth-order valence-corrected chi connectivity index (χ4v) is 3.32. The first kappa shape index (κ1) is 17.4. The summed E-state index contributed by atoms with van der Waals surface area (Å²) in [5.74, 6) is 0.844. The summed E-state index contributed by atoms with van der Waals surface area (Å²) in [7, 11) is -2.85. The second-order valence-electron chi connectivity index (χ2n) is 6.64. The van der Waals surface area contributed by atoms with Gasteiger partial charge in [-0.3, -0.25) is 9.80 Å². The van der Waals surface area contributed by atoms with Crippen molar-refractivity contribution in [1.29, 1.82) is 0 Å². The topological polar surface area (TPSA) is 40.6 Å². The summed E-state index contributed by atoms with van der Waals surface area (Å²) in [5.41, 5.74) is 2.74. The molecule has 1 aliphatic heterocycles. The lowest BCUT2D eigenvalue weighted by atomic mass is 10.0. The monoisotopic (exact) mass is 324 g/mol. The van der Waals surface area contributed by atoms with E-state index >= 15 is 0 Å². The Morgan fingerprint density at radius 1 is 1.00 bits per heavy atom. The first-order valence-electron chi connectivity index (χ1n) is 8.05. The Hall–Kier alpha value is -0.910. The average molecular weight is 324 g/mol. The van der Waals surface area contributed by atoms with Crippen LogP contribution in [0.4, 0.5) is 0 Å². The van der Waals surface area contributed by atoms with Gasteiger partial charge in [-0.25, -0.2) is 8.42 Å². The minimum absolute atomic E-state index is 0.268. The van der Waals surface area contributed by atoms with Gasteiger partial charge in [0.15, 0.2) is 0 Å². The van der Waals surface area contributed by atoms with E-state index in [4.69, 9.17) is 0 Å². The van der Waals surface area contributed by atoms with Gasteiger partial charge in [0.05, 0.1) is 5.75 Å². The molecule has 0 unspecified atom stereocenters. The third-order valence-corrected chi connectivity index (χ3v) is 5.22. The Labute approximate surface area is 135 Å².